The van der Waals surface area contributed by atoms with Crippen molar-refractivity contribution in [3.63, 3.8) is 0 Å². The smallest absolute Gasteiger partial charge is 0.0295 e. The second-order valence-corrected chi connectivity index (χ2v) is 5.47. The van der Waals surface area contributed by atoms with Crippen LogP contribution in [0.25, 0.3) is 0 Å². The Hall–Kier alpha value is -0.860. The minimum Gasteiger partial charge on any atom is -0.309 e. The fourth-order valence-electron chi connectivity index (χ4n) is 2.52. The molecule has 0 aromatic heterocycles. The molecule has 1 atom stereocenters. The van der Waals surface area contributed by atoms with Gasteiger partial charge in [0.2, 0.25) is 0 Å². The first-order valence-corrected chi connectivity index (χ1v) is 7.61. The average molecular weight is 262 g/mol. The fraction of sp³-hybridized carbons (Fsp3) is 0.647. The summed E-state index contributed by atoms with van der Waals surface area (Å²) in [5.41, 5.74) is 4.15. The van der Waals surface area contributed by atoms with Gasteiger partial charge < -0.3 is 10.2 Å². The second-order valence-electron chi connectivity index (χ2n) is 5.47. The first-order valence-electron chi connectivity index (χ1n) is 7.61. The molecular formula is C17H30N2. The molecule has 0 heterocycles. The lowest BCUT2D eigenvalue weighted by atomic mass is 10.00. The van der Waals surface area contributed by atoms with Crippen molar-refractivity contribution in [3.8, 4) is 0 Å². The van der Waals surface area contributed by atoms with Crippen molar-refractivity contribution in [1.82, 2.24) is 10.2 Å². The van der Waals surface area contributed by atoms with E-state index in [1.165, 1.54) is 29.7 Å². The highest BCUT2D eigenvalue weighted by Gasteiger charge is 2.08. The topological polar surface area (TPSA) is 15.3 Å². The van der Waals surface area contributed by atoms with Gasteiger partial charge in [0.1, 0.15) is 0 Å². The summed E-state index contributed by atoms with van der Waals surface area (Å²) >= 11 is 0. The predicted molar refractivity (Wildman–Crippen MR) is 84.7 cm³/mol. The summed E-state index contributed by atoms with van der Waals surface area (Å²) < 4.78 is 0. The number of hydrogen-bond acceptors (Lipinski definition) is 2. The van der Waals surface area contributed by atoms with Gasteiger partial charge >= 0.3 is 0 Å². The molecular weight excluding hydrogens is 232 g/mol. The van der Waals surface area contributed by atoms with E-state index in [0.717, 1.165) is 19.6 Å². The standard InChI is InChI=1S/C17H30N2/c1-6-11-19(7-2)12-10-18-16(5)17-13-14(3)8-9-15(17)4/h8-9,13,16,18H,6-7,10-12H2,1-5H3. The van der Waals surface area contributed by atoms with Crippen molar-refractivity contribution < 1.29 is 0 Å². The van der Waals surface area contributed by atoms with Crippen LogP contribution in [0.4, 0.5) is 0 Å². The van der Waals surface area contributed by atoms with Crippen LogP contribution in [0, 0.1) is 13.8 Å². The Morgan fingerprint density at radius 2 is 1.89 bits per heavy atom. The normalized spacial score (nSPS) is 12.9. The molecule has 0 aliphatic rings. The van der Waals surface area contributed by atoms with Crippen LogP contribution in [0.15, 0.2) is 18.2 Å². The molecule has 1 N–H and O–H groups in total. The van der Waals surface area contributed by atoms with Gasteiger partial charge in [0.15, 0.2) is 0 Å². The Bertz CT molecular complexity index is 374. The molecule has 0 aliphatic carbocycles. The number of benzene rings is 1. The molecule has 1 unspecified atom stereocenters. The van der Waals surface area contributed by atoms with E-state index in [0.29, 0.717) is 6.04 Å². The van der Waals surface area contributed by atoms with Gasteiger partial charge in [-0.25, -0.2) is 0 Å². The van der Waals surface area contributed by atoms with Crippen LogP contribution in [0.2, 0.25) is 0 Å². The van der Waals surface area contributed by atoms with Gasteiger partial charge in [0.05, 0.1) is 0 Å². The van der Waals surface area contributed by atoms with E-state index < -0.39 is 0 Å². The number of likely N-dealkylation sites (N-methyl/N-ethyl adjacent to an activating group) is 1. The summed E-state index contributed by atoms with van der Waals surface area (Å²) in [5.74, 6) is 0. The van der Waals surface area contributed by atoms with Crippen molar-refractivity contribution in [2.75, 3.05) is 26.2 Å². The van der Waals surface area contributed by atoms with Gasteiger partial charge in [-0.3, -0.25) is 0 Å². The molecule has 19 heavy (non-hydrogen) atoms. The fourth-order valence-corrected chi connectivity index (χ4v) is 2.52. The van der Waals surface area contributed by atoms with E-state index in [1.54, 1.807) is 0 Å². The quantitative estimate of drug-likeness (QED) is 0.768. The van der Waals surface area contributed by atoms with Crippen LogP contribution in [0.1, 0.15) is 49.9 Å². The molecule has 108 valence electrons. The molecule has 0 bridgehead atoms. The Balaban J connectivity index is 2.46. The molecule has 1 aromatic carbocycles. The Morgan fingerprint density at radius 3 is 2.53 bits per heavy atom. The predicted octanol–water partition coefficient (Wildman–Crippen LogP) is 3.69. The molecule has 1 aromatic rings. The van der Waals surface area contributed by atoms with Crippen molar-refractivity contribution >= 4 is 0 Å². The van der Waals surface area contributed by atoms with E-state index in [4.69, 9.17) is 0 Å². The molecule has 0 spiro atoms. The van der Waals surface area contributed by atoms with Crippen molar-refractivity contribution in [2.45, 2.75) is 47.1 Å². The third kappa shape index (κ3) is 5.33. The van der Waals surface area contributed by atoms with E-state index in [1.807, 2.05) is 0 Å². The first-order chi connectivity index (χ1) is 9.08. The number of hydrogen-bond donors (Lipinski definition) is 1. The second kappa shape index (κ2) is 8.34. The van der Waals surface area contributed by atoms with Crippen LogP contribution in [-0.2, 0) is 0 Å². The molecule has 2 heteroatoms. The number of nitrogens with one attached hydrogen (secondary N) is 1. The van der Waals surface area contributed by atoms with Crippen LogP contribution < -0.4 is 5.32 Å². The molecule has 0 saturated carbocycles. The van der Waals surface area contributed by atoms with Crippen molar-refractivity contribution in [1.29, 1.82) is 0 Å². The molecule has 0 saturated heterocycles. The maximum absolute atomic E-state index is 3.65. The lowest BCUT2D eigenvalue weighted by Crippen LogP contribution is -2.33. The van der Waals surface area contributed by atoms with Gasteiger partial charge in [-0.2, -0.15) is 0 Å². The zero-order valence-electron chi connectivity index (χ0n) is 13.3. The van der Waals surface area contributed by atoms with Gasteiger partial charge in [-0.1, -0.05) is 37.6 Å². The third-order valence-electron chi connectivity index (χ3n) is 3.77. The van der Waals surface area contributed by atoms with Gasteiger partial charge in [0.25, 0.3) is 0 Å². The van der Waals surface area contributed by atoms with Crippen LogP contribution in [-0.4, -0.2) is 31.1 Å². The number of rotatable bonds is 8. The SMILES string of the molecule is CCCN(CC)CCNC(C)c1cc(C)ccc1C. The average Bonchev–Trinajstić information content (AvgIpc) is 2.40. The summed E-state index contributed by atoms with van der Waals surface area (Å²) in [6.45, 7) is 15.7. The maximum Gasteiger partial charge on any atom is 0.0295 e. The van der Waals surface area contributed by atoms with Gasteiger partial charge in [0, 0.05) is 19.1 Å². The van der Waals surface area contributed by atoms with Crippen LogP contribution in [0.5, 0.6) is 0 Å². The van der Waals surface area contributed by atoms with Crippen LogP contribution >= 0.6 is 0 Å². The maximum atomic E-state index is 3.65. The van der Waals surface area contributed by atoms with Crippen molar-refractivity contribution in [2.24, 2.45) is 0 Å². The molecule has 0 fully saturated rings. The largest absolute Gasteiger partial charge is 0.309 e. The minimum absolute atomic E-state index is 0.431. The third-order valence-corrected chi connectivity index (χ3v) is 3.77. The highest BCUT2D eigenvalue weighted by Crippen LogP contribution is 2.18. The van der Waals surface area contributed by atoms with Gasteiger partial charge in [-0.05, 0) is 51.4 Å². The lowest BCUT2D eigenvalue weighted by molar-refractivity contribution is 0.284. The Labute approximate surface area is 119 Å². The highest BCUT2D eigenvalue weighted by molar-refractivity contribution is 5.32. The summed E-state index contributed by atoms with van der Waals surface area (Å²) in [6, 6.07) is 7.14. The first kappa shape index (κ1) is 16.2. The molecule has 2 nitrogen and oxygen atoms in total. The zero-order valence-corrected chi connectivity index (χ0v) is 13.3. The number of nitrogens with zero attached hydrogens (tertiary/aromatic N) is 1. The van der Waals surface area contributed by atoms with E-state index in [9.17, 15) is 0 Å². The van der Waals surface area contributed by atoms with E-state index in [-0.39, 0.29) is 0 Å². The summed E-state index contributed by atoms with van der Waals surface area (Å²) in [6.07, 6.45) is 1.24. The lowest BCUT2D eigenvalue weighted by Gasteiger charge is -2.22. The van der Waals surface area contributed by atoms with E-state index in [2.05, 4.69) is 63.0 Å². The van der Waals surface area contributed by atoms with Crippen LogP contribution in [0.3, 0.4) is 0 Å². The number of aryl methyl sites for hydroxylation is 2. The minimum atomic E-state index is 0.431. The van der Waals surface area contributed by atoms with E-state index >= 15 is 0 Å². The Morgan fingerprint density at radius 1 is 1.16 bits per heavy atom. The molecule has 0 radical (unpaired) electrons. The Kier molecular flexibility index (Phi) is 7.11. The highest BCUT2D eigenvalue weighted by atomic mass is 15.1. The van der Waals surface area contributed by atoms with Gasteiger partial charge in [-0.15, -0.1) is 0 Å². The molecule has 0 amide bonds. The summed E-state index contributed by atoms with van der Waals surface area (Å²) in [7, 11) is 0. The summed E-state index contributed by atoms with van der Waals surface area (Å²) in [5, 5.41) is 3.65. The summed E-state index contributed by atoms with van der Waals surface area (Å²) in [4.78, 5) is 2.50. The van der Waals surface area contributed by atoms with Crippen molar-refractivity contribution in [3.05, 3.63) is 34.9 Å². The zero-order chi connectivity index (χ0) is 14.3. The molecule has 0 aliphatic heterocycles. The monoisotopic (exact) mass is 262 g/mol. The molecule has 1 rings (SSSR count).